The summed E-state index contributed by atoms with van der Waals surface area (Å²) >= 11 is 0. The fraction of sp³-hybridized carbons (Fsp3) is 0.350. The van der Waals surface area contributed by atoms with Gasteiger partial charge in [0.05, 0.1) is 16.9 Å². The predicted octanol–water partition coefficient (Wildman–Crippen LogP) is 3.45. The minimum Gasteiger partial charge on any atom is -0.328 e. The number of rotatable bonds is 4. The van der Waals surface area contributed by atoms with Gasteiger partial charge >= 0.3 is 0 Å². The molecule has 1 aromatic heterocycles. The van der Waals surface area contributed by atoms with Crippen molar-refractivity contribution in [1.82, 2.24) is 4.98 Å². The van der Waals surface area contributed by atoms with Gasteiger partial charge in [-0.2, -0.15) is 0 Å². The van der Waals surface area contributed by atoms with E-state index in [1.807, 2.05) is 19.1 Å². The molecule has 1 aliphatic rings. The van der Waals surface area contributed by atoms with E-state index in [4.69, 9.17) is 0 Å². The number of hydrogen-bond acceptors (Lipinski definition) is 3. The number of pyridine rings is 1. The van der Waals surface area contributed by atoms with Crippen LogP contribution in [0.15, 0.2) is 41.3 Å². The molecule has 136 valence electrons. The number of aromatic nitrogens is 1. The van der Waals surface area contributed by atoms with E-state index in [9.17, 15) is 14.4 Å². The Hall–Kier alpha value is -2.89. The summed E-state index contributed by atoms with van der Waals surface area (Å²) in [5.41, 5.74) is 2.18. The zero-order chi connectivity index (χ0) is 18.5. The summed E-state index contributed by atoms with van der Waals surface area (Å²) in [6.07, 6.45) is 6.56. The second kappa shape index (κ2) is 7.99. The van der Waals surface area contributed by atoms with Crippen molar-refractivity contribution in [2.75, 3.05) is 10.6 Å². The molecule has 1 aliphatic carbocycles. The minimum atomic E-state index is -0.347. The molecule has 0 radical (unpaired) electrons. The second-order valence-corrected chi connectivity index (χ2v) is 6.77. The van der Waals surface area contributed by atoms with Gasteiger partial charge < -0.3 is 15.6 Å². The van der Waals surface area contributed by atoms with Crippen LogP contribution >= 0.6 is 0 Å². The van der Waals surface area contributed by atoms with Crippen LogP contribution in [0.2, 0.25) is 0 Å². The second-order valence-electron chi connectivity index (χ2n) is 6.77. The Kier molecular flexibility index (Phi) is 5.51. The predicted molar refractivity (Wildman–Crippen MR) is 101 cm³/mol. The highest BCUT2D eigenvalue weighted by Crippen LogP contribution is 2.28. The number of aryl methyl sites for hydroxylation is 1. The van der Waals surface area contributed by atoms with Crippen LogP contribution in [-0.4, -0.2) is 16.8 Å². The Morgan fingerprint density at radius 3 is 2.46 bits per heavy atom. The van der Waals surface area contributed by atoms with E-state index in [1.54, 1.807) is 6.07 Å². The van der Waals surface area contributed by atoms with E-state index >= 15 is 0 Å². The molecule has 0 saturated heterocycles. The first-order valence-electron chi connectivity index (χ1n) is 8.94. The van der Waals surface area contributed by atoms with Crippen molar-refractivity contribution in [2.45, 2.75) is 39.0 Å². The Morgan fingerprint density at radius 2 is 1.77 bits per heavy atom. The lowest BCUT2D eigenvalue weighted by Gasteiger charge is -2.22. The van der Waals surface area contributed by atoms with Crippen LogP contribution in [0.4, 0.5) is 11.4 Å². The third-order valence-electron chi connectivity index (χ3n) is 4.70. The van der Waals surface area contributed by atoms with Crippen LogP contribution in [-0.2, 0) is 4.79 Å². The molecule has 0 bridgehead atoms. The van der Waals surface area contributed by atoms with E-state index in [1.165, 1.54) is 24.8 Å². The topological polar surface area (TPSA) is 91.1 Å². The highest BCUT2D eigenvalue weighted by Gasteiger charge is 2.22. The average Bonchev–Trinajstić information content (AvgIpc) is 2.65. The van der Waals surface area contributed by atoms with Gasteiger partial charge in [0.2, 0.25) is 11.5 Å². The molecule has 1 fully saturated rings. The van der Waals surface area contributed by atoms with Crippen molar-refractivity contribution in [2.24, 2.45) is 5.92 Å². The number of amides is 2. The van der Waals surface area contributed by atoms with Crippen LogP contribution in [0, 0.1) is 12.8 Å². The molecule has 3 rings (SSSR count). The van der Waals surface area contributed by atoms with Crippen molar-refractivity contribution < 1.29 is 9.59 Å². The maximum atomic E-state index is 12.5. The van der Waals surface area contributed by atoms with Gasteiger partial charge in [0.1, 0.15) is 0 Å². The summed E-state index contributed by atoms with van der Waals surface area (Å²) in [6, 6.07) is 8.28. The van der Waals surface area contributed by atoms with E-state index in [2.05, 4.69) is 15.6 Å². The molecule has 0 spiro atoms. The van der Waals surface area contributed by atoms with Gasteiger partial charge in [-0.3, -0.25) is 14.4 Å². The normalized spacial score (nSPS) is 14.7. The number of H-pyrrole nitrogens is 1. The number of carbonyl (C=O) groups is 2. The van der Waals surface area contributed by atoms with Crippen molar-refractivity contribution in [3.63, 3.8) is 0 Å². The van der Waals surface area contributed by atoms with Gasteiger partial charge in [0, 0.05) is 18.2 Å². The summed E-state index contributed by atoms with van der Waals surface area (Å²) in [6.45, 7) is 1.92. The molecule has 26 heavy (non-hydrogen) atoms. The largest absolute Gasteiger partial charge is 0.328 e. The summed E-state index contributed by atoms with van der Waals surface area (Å²) in [5.74, 6) is -0.305. The van der Waals surface area contributed by atoms with Gasteiger partial charge in [-0.1, -0.05) is 25.3 Å². The molecule has 1 heterocycles. The Morgan fingerprint density at radius 1 is 1.00 bits per heavy atom. The maximum Gasteiger partial charge on any atom is 0.257 e. The highest BCUT2D eigenvalue weighted by atomic mass is 16.2. The van der Waals surface area contributed by atoms with Crippen molar-refractivity contribution in [1.29, 1.82) is 0 Å². The van der Waals surface area contributed by atoms with Gasteiger partial charge in [0.15, 0.2) is 0 Å². The fourth-order valence-electron chi connectivity index (χ4n) is 3.22. The zero-order valence-corrected chi connectivity index (χ0v) is 14.8. The van der Waals surface area contributed by atoms with E-state index in [0.29, 0.717) is 16.9 Å². The minimum absolute atomic E-state index is 0.00749. The third kappa shape index (κ3) is 4.39. The first-order valence-corrected chi connectivity index (χ1v) is 8.94. The first kappa shape index (κ1) is 17.9. The lowest BCUT2D eigenvalue weighted by atomic mass is 9.88. The van der Waals surface area contributed by atoms with Gasteiger partial charge in [0.25, 0.3) is 5.91 Å². The Bertz CT molecular complexity index is 846. The molecule has 1 saturated carbocycles. The molecule has 6 heteroatoms. The summed E-state index contributed by atoms with van der Waals surface area (Å²) in [5, 5.41) is 5.78. The lowest BCUT2D eigenvalue weighted by molar-refractivity contribution is -0.120. The van der Waals surface area contributed by atoms with Crippen LogP contribution in [0.5, 0.6) is 0 Å². The molecule has 0 atom stereocenters. The standard InChI is InChI=1S/C20H23N3O3/c1-13-7-9-16(22-19(25)14-5-3-2-4-6-14)17(11-13)23-20(26)15-8-10-18(24)21-12-15/h7-12,14H,2-6H2,1H3,(H,21,24)(H,22,25)(H,23,26). The van der Waals surface area contributed by atoms with E-state index in [-0.39, 0.29) is 23.3 Å². The van der Waals surface area contributed by atoms with E-state index in [0.717, 1.165) is 31.2 Å². The number of nitrogens with one attached hydrogen (secondary N) is 3. The Labute approximate surface area is 152 Å². The van der Waals surface area contributed by atoms with Crippen molar-refractivity contribution >= 4 is 23.2 Å². The molecular weight excluding hydrogens is 330 g/mol. The molecule has 2 aromatic rings. The van der Waals surface area contributed by atoms with Crippen molar-refractivity contribution in [3.8, 4) is 0 Å². The zero-order valence-electron chi connectivity index (χ0n) is 14.8. The first-order chi connectivity index (χ1) is 12.5. The number of anilines is 2. The number of hydrogen-bond donors (Lipinski definition) is 3. The summed E-state index contributed by atoms with van der Waals surface area (Å²) in [4.78, 5) is 38.6. The lowest BCUT2D eigenvalue weighted by Crippen LogP contribution is -2.25. The van der Waals surface area contributed by atoms with Gasteiger partial charge in [-0.25, -0.2) is 0 Å². The van der Waals surface area contributed by atoms with Crippen LogP contribution < -0.4 is 16.2 Å². The van der Waals surface area contributed by atoms with Crippen LogP contribution in [0.1, 0.15) is 48.0 Å². The van der Waals surface area contributed by atoms with E-state index < -0.39 is 0 Å². The molecule has 0 aliphatic heterocycles. The van der Waals surface area contributed by atoms with Crippen molar-refractivity contribution in [3.05, 3.63) is 58.0 Å². The molecule has 1 aromatic carbocycles. The molecule has 3 N–H and O–H groups in total. The van der Waals surface area contributed by atoms with Gasteiger partial charge in [-0.15, -0.1) is 0 Å². The highest BCUT2D eigenvalue weighted by molar-refractivity contribution is 6.07. The summed E-state index contributed by atoms with van der Waals surface area (Å²) in [7, 11) is 0. The maximum absolute atomic E-state index is 12.5. The number of carbonyl (C=O) groups excluding carboxylic acids is 2. The fourth-order valence-corrected chi connectivity index (χ4v) is 3.22. The molecule has 6 nitrogen and oxygen atoms in total. The molecular formula is C20H23N3O3. The third-order valence-corrected chi connectivity index (χ3v) is 4.70. The average molecular weight is 353 g/mol. The number of benzene rings is 1. The van der Waals surface area contributed by atoms with Gasteiger partial charge in [-0.05, 0) is 43.5 Å². The molecule has 0 unspecified atom stereocenters. The SMILES string of the molecule is Cc1ccc(NC(=O)C2CCCCC2)c(NC(=O)c2ccc(=O)[nH]c2)c1. The monoisotopic (exact) mass is 353 g/mol. The van der Waals surface area contributed by atoms with Crippen LogP contribution in [0.3, 0.4) is 0 Å². The number of aromatic amines is 1. The van der Waals surface area contributed by atoms with Crippen LogP contribution in [0.25, 0.3) is 0 Å². The smallest absolute Gasteiger partial charge is 0.257 e. The quantitative estimate of drug-likeness (QED) is 0.786. The Balaban J connectivity index is 1.77. The summed E-state index contributed by atoms with van der Waals surface area (Å²) < 4.78 is 0. The molecule has 2 amide bonds.